The molecular formula is C22H23F3N5O3P. The van der Waals surface area contributed by atoms with Crippen molar-refractivity contribution in [2.45, 2.75) is 26.3 Å². The molecular weight excluding hydrogens is 470 g/mol. The fourth-order valence-electron chi connectivity index (χ4n) is 4.03. The van der Waals surface area contributed by atoms with Crippen molar-refractivity contribution in [3.8, 4) is 0 Å². The number of anilines is 1. The van der Waals surface area contributed by atoms with E-state index in [2.05, 4.69) is 20.3 Å². The standard InChI is InChI=1S/C22H23F3N5O3P/c1-12(14-4-3-5-15(19(14)23)20(24)25)27-21-16-10-18(26-11-17(16)28-13(2)29-21)34(33)8-6-30(7-9-34)22(31)32/h3-5,10-12,20H,6-9H2,1-2H3,(H,31,32)(H,27,28,29)/t12-/m1/s1. The average Bonchev–Trinajstić information content (AvgIpc) is 2.78. The quantitative estimate of drug-likeness (QED) is 0.502. The Labute approximate surface area is 193 Å². The monoisotopic (exact) mass is 493 g/mol. The maximum absolute atomic E-state index is 14.7. The Bertz CT molecular complexity index is 1290. The lowest BCUT2D eigenvalue weighted by Gasteiger charge is -2.30. The number of amides is 1. The third kappa shape index (κ3) is 4.57. The van der Waals surface area contributed by atoms with Crippen LogP contribution in [0.5, 0.6) is 0 Å². The minimum absolute atomic E-state index is 0.0605. The van der Waals surface area contributed by atoms with Crippen molar-refractivity contribution in [1.29, 1.82) is 0 Å². The van der Waals surface area contributed by atoms with Crippen molar-refractivity contribution >= 4 is 35.4 Å². The van der Waals surface area contributed by atoms with Gasteiger partial charge in [0.2, 0.25) is 0 Å². The number of aromatic nitrogens is 3. The minimum Gasteiger partial charge on any atom is -0.465 e. The summed E-state index contributed by atoms with van der Waals surface area (Å²) in [4.78, 5) is 25.5. The largest absolute Gasteiger partial charge is 0.465 e. The van der Waals surface area contributed by atoms with Crippen molar-refractivity contribution in [1.82, 2.24) is 19.9 Å². The molecule has 1 aromatic carbocycles. The van der Waals surface area contributed by atoms with Crippen LogP contribution >= 0.6 is 7.14 Å². The number of hydrogen-bond acceptors (Lipinski definition) is 6. The second-order valence-electron chi connectivity index (χ2n) is 8.20. The number of nitrogens with one attached hydrogen (secondary N) is 1. The molecule has 12 heteroatoms. The zero-order valence-electron chi connectivity index (χ0n) is 18.5. The highest BCUT2D eigenvalue weighted by molar-refractivity contribution is 7.71. The molecule has 1 atom stereocenters. The van der Waals surface area contributed by atoms with Crippen LogP contribution in [0.15, 0.2) is 30.5 Å². The molecule has 4 rings (SSSR count). The SMILES string of the molecule is Cc1nc(N[C@H](C)c2cccc(C(F)F)c2F)c2cc(P3(=O)CCN(C(=O)O)CC3)ncc2n1. The van der Waals surface area contributed by atoms with Crippen LogP contribution < -0.4 is 10.8 Å². The molecule has 0 aliphatic carbocycles. The van der Waals surface area contributed by atoms with Crippen molar-refractivity contribution in [3.05, 3.63) is 53.2 Å². The van der Waals surface area contributed by atoms with Crippen LogP contribution in [-0.2, 0) is 4.57 Å². The number of halogens is 3. The molecule has 0 bridgehead atoms. The summed E-state index contributed by atoms with van der Waals surface area (Å²) in [6.45, 7) is 3.60. The summed E-state index contributed by atoms with van der Waals surface area (Å²) >= 11 is 0. The first-order chi connectivity index (χ1) is 16.1. The van der Waals surface area contributed by atoms with Gasteiger partial charge in [0, 0.05) is 36.4 Å². The normalized spacial score (nSPS) is 16.6. The molecule has 0 spiro atoms. The second kappa shape index (κ2) is 9.21. The summed E-state index contributed by atoms with van der Waals surface area (Å²) in [5, 5.41) is 12.7. The van der Waals surface area contributed by atoms with Crippen LogP contribution in [0, 0.1) is 12.7 Å². The fourth-order valence-corrected chi connectivity index (χ4v) is 6.48. The molecule has 0 saturated carbocycles. The first kappa shape index (κ1) is 23.9. The fraction of sp³-hybridized carbons (Fsp3) is 0.364. The number of benzene rings is 1. The Kier molecular flexibility index (Phi) is 6.49. The van der Waals surface area contributed by atoms with Gasteiger partial charge in [-0.2, -0.15) is 0 Å². The Morgan fingerprint density at radius 1 is 1.21 bits per heavy atom. The van der Waals surface area contributed by atoms with Crippen LogP contribution in [0.1, 0.15) is 36.3 Å². The smallest absolute Gasteiger partial charge is 0.407 e. The number of carbonyl (C=O) groups is 1. The van der Waals surface area contributed by atoms with Gasteiger partial charge >= 0.3 is 6.09 Å². The van der Waals surface area contributed by atoms with Crippen molar-refractivity contribution in [3.63, 3.8) is 0 Å². The van der Waals surface area contributed by atoms with E-state index in [0.29, 0.717) is 28.0 Å². The first-order valence-electron chi connectivity index (χ1n) is 10.6. The first-order valence-corrected chi connectivity index (χ1v) is 12.7. The highest BCUT2D eigenvalue weighted by Gasteiger charge is 2.34. The van der Waals surface area contributed by atoms with Crippen LogP contribution in [-0.4, -0.2) is 56.5 Å². The highest BCUT2D eigenvalue weighted by atomic mass is 31.2. The van der Waals surface area contributed by atoms with Crippen LogP contribution in [0.3, 0.4) is 0 Å². The lowest BCUT2D eigenvalue weighted by atomic mass is 10.0. The van der Waals surface area contributed by atoms with E-state index < -0.39 is 37.1 Å². The lowest BCUT2D eigenvalue weighted by molar-refractivity contribution is 0.146. The van der Waals surface area contributed by atoms with E-state index in [-0.39, 0.29) is 31.0 Å². The van der Waals surface area contributed by atoms with Gasteiger partial charge in [0.05, 0.1) is 23.3 Å². The van der Waals surface area contributed by atoms with E-state index in [1.54, 1.807) is 19.9 Å². The molecule has 34 heavy (non-hydrogen) atoms. The van der Waals surface area contributed by atoms with E-state index in [0.717, 1.165) is 6.07 Å². The number of aryl methyl sites for hydroxylation is 1. The molecule has 1 fully saturated rings. The predicted octanol–water partition coefficient (Wildman–Crippen LogP) is 4.57. The molecule has 0 unspecified atom stereocenters. The number of rotatable bonds is 5. The van der Waals surface area contributed by atoms with Crippen LogP contribution in [0.2, 0.25) is 0 Å². The van der Waals surface area contributed by atoms with Crippen LogP contribution in [0.4, 0.5) is 23.8 Å². The maximum Gasteiger partial charge on any atom is 0.407 e. The van der Waals surface area contributed by atoms with Crippen LogP contribution in [0.25, 0.3) is 10.9 Å². The average molecular weight is 493 g/mol. The number of pyridine rings is 1. The Morgan fingerprint density at radius 2 is 1.88 bits per heavy atom. The lowest BCUT2D eigenvalue weighted by Crippen LogP contribution is -2.40. The van der Waals surface area contributed by atoms with Gasteiger partial charge in [0.25, 0.3) is 6.43 Å². The molecule has 1 aliphatic heterocycles. The van der Waals surface area contributed by atoms with Crippen molar-refractivity contribution in [2.24, 2.45) is 0 Å². The van der Waals surface area contributed by atoms with E-state index in [4.69, 9.17) is 5.11 Å². The molecule has 8 nitrogen and oxygen atoms in total. The molecule has 0 radical (unpaired) electrons. The molecule has 1 amide bonds. The summed E-state index contributed by atoms with van der Waals surface area (Å²) in [6, 6.07) is 4.76. The van der Waals surface area contributed by atoms with Gasteiger partial charge in [0.1, 0.15) is 30.0 Å². The third-order valence-electron chi connectivity index (χ3n) is 5.94. The van der Waals surface area contributed by atoms with E-state index in [1.807, 2.05) is 0 Å². The van der Waals surface area contributed by atoms with Gasteiger partial charge in [-0.15, -0.1) is 0 Å². The van der Waals surface area contributed by atoms with Gasteiger partial charge in [-0.25, -0.2) is 27.9 Å². The molecule has 3 aromatic rings. The Balaban J connectivity index is 1.69. The van der Waals surface area contributed by atoms with E-state index in [1.165, 1.54) is 23.2 Å². The summed E-state index contributed by atoms with van der Waals surface area (Å²) in [7, 11) is -2.94. The number of hydrogen-bond donors (Lipinski definition) is 2. The Morgan fingerprint density at radius 3 is 2.53 bits per heavy atom. The summed E-state index contributed by atoms with van der Waals surface area (Å²) in [5.41, 5.74) is 0.208. The molecule has 1 aliphatic rings. The molecule has 2 aromatic heterocycles. The topological polar surface area (TPSA) is 108 Å². The van der Waals surface area contributed by atoms with Gasteiger partial charge in [-0.3, -0.25) is 4.98 Å². The maximum atomic E-state index is 14.7. The number of fused-ring (bicyclic) bond motifs is 1. The molecule has 2 N–H and O–H groups in total. The molecule has 180 valence electrons. The predicted molar refractivity (Wildman–Crippen MR) is 122 cm³/mol. The number of nitrogens with zero attached hydrogens (tertiary/aromatic N) is 4. The van der Waals surface area contributed by atoms with Gasteiger partial charge in [-0.1, -0.05) is 18.2 Å². The summed E-state index contributed by atoms with van der Waals surface area (Å²) in [5.74, 6) is -0.235. The zero-order valence-corrected chi connectivity index (χ0v) is 19.4. The van der Waals surface area contributed by atoms with Gasteiger partial charge in [0.15, 0.2) is 0 Å². The molecule has 1 saturated heterocycles. The van der Waals surface area contributed by atoms with Gasteiger partial charge in [-0.05, 0) is 19.9 Å². The third-order valence-corrected chi connectivity index (χ3v) is 8.87. The van der Waals surface area contributed by atoms with E-state index >= 15 is 0 Å². The second-order valence-corrected chi connectivity index (χ2v) is 11.3. The summed E-state index contributed by atoms with van der Waals surface area (Å²) in [6.07, 6.45) is -2.15. The minimum atomic E-state index is -2.94. The van der Waals surface area contributed by atoms with E-state index in [9.17, 15) is 22.5 Å². The summed E-state index contributed by atoms with van der Waals surface area (Å²) < 4.78 is 54.5. The van der Waals surface area contributed by atoms with Gasteiger partial charge < -0.3 is 19.9 Å². The van der Waals surface area contributed by atoms with Crippen molar-refractivity contribution in [2.75, 3.05) is 30.7 Å². The Hall–Kier alpha value is -3.20. The highest BCUT2D eigenvalue weighted by Crippen LogP contribution is 2.46. The number of alkyl halides is 2. The van der Waals surface area contributed by atoms with Crippen molar-refractivity contribution < 1.29 is 27.6 Å². The molecule has 3 heterocycles. The number of carboxylic acid groups (broad SMARTS) is 1. The zero-order chi connectivity index (χ0) is 24.6.